The molecule has 1 aromatic carbocycles. The van der Waals surface area contributed by atoms with Gasteiger partial charge in [0, 0.05) is 17.6 Å². The quantitative estimate of drug-likeness (QED) is 0.738. The molecule has 120 valence electrons. The minimum atomic E-state index is -0.738. The van der Waals surface area contributed by atoms with Crippen molar-refractivity contribution < 1.29 is 9.53 Å². The van der Waals surface area contributed by atoms with E-state index in [1.807, 2.05) is 0 Å². The number of rotatable bonds is 7. The fourth-order valence-electron chi connectivity index (χ4n) is 1.86. The van der Waals surface area contributed by atoms with Crippen molar-refractivity contribution in [1.29, 1.82) is 0 Å². The third-order valence-electron chi connectivity index (χ3n) is 3.14. The summed E-state index contributed by atoms with van der Waals surface area (Å²) >= 11 is 4.72. The first kappa shape index (κ1) is 19.9. The van der Waals surface area contributed by atoms with Crippen molar-refractivity contribution in [3.05, 3.63) is 35.9 Å². The van der Waals surface area contributed by atoms with Crippen LogP contribution in [0.15, 0.2) is 30.3 Å². The molecular weight excluding hydrogens is 286 g/mol. The minimum absolute atomic E-state index is 0.350. The highest BCUT2D eigenvalue weighted by atomic mass is 35.5. The minimum Gasteiger partial charge on any atom is -0.454 e. The lowest BCUT2D eigenvalue weighted by Gasteiger charge is -2.12. The summed E-state index contributed by atoms with van der Waals surface area (Å²) in [5.74, 6) is 0.788. The highest BCUT2D eigenvalue weighted by molar-refractivity contribution is 6.61. The third-order valence-corrected chi connectivity index (χ3v) is 3.25. The zero-order valence-corrected chi connectivity index (χ0v) is 14.1. The fraction of sp³-hybridized carbons (Fsp3) is 0.588. The molecule has 0 saturated heterocycles. The molecule has 0 aromatic heterocycles. The van der Waals surface area contributed by atoms with Crippen molar-refractivity contribution >= 4 is 17.0 Å². The van der Waals surface area contributed by atoms with Crippen LogP contribution >= 0.6 is 11.6 Å². The van der Waals surface area contributed by atoms with Gasteiger partial charge in [-0.2, -0.15) is 0 Å². The van der Waals surface area contributed by atoms with E-state index in [4.69, 9.17) is 17.3 Å². The molecule has 0 aliphatic rings. The molecule has 2 atom stereocenters. The van der Waals surface area contributed by atoms with E-state index >= 15 is 0 Å². The number of halogens is 1. The van der Waals surface area contributed by atoms with E-state index in [0.29, 0.717) is 12.6 Å². The second-order valence-corrected chi connectivity index (χ2v) is 5.66. The van der Waals surface area contributed by atoms with Crippen molar-refractivity contribution in [3.8, 4) is 0 Å². The lowest BCUT2D eigenvalue weighted by atomic mass is 9.95. The van der Waals surface area contributed by atoms with Crippen molar-refractivity contribution in [2.75, 3.05) is 6.61 Å². The Morgan fingerprint density at radius 1 is 1.19 bits per heavy atom. The first-order valence-electron chi connectivity index (χ1n) is 7.57. The SMILES string of the molecule is CC(N)CCC(C)CCc1ccccc1.CCOC(=O)Cl. The number of carbonyl (C=O) groups is 1. The Bertz CT molecular complexity index is 368. The maximum absolute atomic E-state index is 9.59. The molecule has 0 amide bonds. The summed E-state index contributed by atoms with van der Waals surface area (Å²) in [7, 11) is 0. The summed E-state index contributed by atoms with van der Waals surface area (Å²) < 4.78 is 4.17. The molecular formula is C17H28ClNO2. The topological polar surface area (TPSA) is 52.3 Å². The van der Waals surface area contributed by atoms with Gasteiger partial charge in [-0.15, -0.1) is 0 Å². The molecule has 0 radical (unpaired) electrons. The molecule has 0 saturated carbocycles. The average Bonchev–Trinajstić information content (AvgIpc) is 2.44. The van der Waals surface area contributed by atoms with Gasteiger partial charge in [-0.25, -0.2) is 4.79 Å². The Morgan fingerprint density at radius 3 is 2.24 bits per heavy atom. The Balaban J connectivity index is 0.000000567. The van der Waals surface area contributed by atoms with Gasteiger partial charge < -0.3 is 10.5 Å². The first-order chi connectivity index (χ1) is 9.95. The Hall–Kier alpha value is -1.06. The highest BCUT2D eigenvalue weighted by Gasteiger charge is 2.04. The van der Waals surface area contributed by atoms with Gasteiger partial charge in [0.2, 0.25) is 0 Å². The van der Waals surface area contributed by atoms with E-state index in [1.54, 1.807) is 6.92 Å². The molecule has 0 fully saturated rings. The second-order valence-electron chi connectivity index (χ2n) is 5.35. The number of nitrogens with two attached hydrogens (primary N) is 1. The number of hydrogen-bond acceptors (Lipinski definition) is 3. The smallest absolute Gasteiger partial charge is 0.403 e. The zero-order chi connectivity index (χ0) is 16.1. The van der Waals surface area contributed by atoms with Crippen LogP contribution in [0.4, 0.5) is 4.79 Å². The van der Waals surface area contributed by atoms with Gasteiger partial charge in [0.25, 0.3) is 0 Å². The molecule has 1 rings (SSSR count). The molecule has 0 bridgehead atoms. The number of ether oxygens (including phenoxy) is 1. The summed E-state index contributed by atoms with van der Waals surface area (Å²) in [5, 5.41) is 0. The van der Waals surface area contributed by atoms with Gasteiger partial charge in [0.1, 0.15) is 0 Å². The van der Waals surface area contributed by atoms with Crippen LogP contribution in [0.3, 0.4) is 0 Å². The zero-order valence-electron chi connectivity index (χ0n) is 13.3. The summed E-state index contributed by atoms with van der Waals surface area (Å²) in [5.41, 5.74) is 6.46. The highest BCUT2D eigenvalue weighted by Crippen LogP contribution is 2.14. The Kier molecular flexibility index (Phi) is 12.0. The van der Waals surface area contributed by atoms with Crippen LogP contribution in [-0.4, -0.2) is 18.1 Å². The van der Waals surface area contributed by atoms with Gasteiger partial charge in [0.15, 0.2) is 0 Å². The van der Waals surface area contributed by atoms with Gasteiger partial charge in [0.05, 0.1) is 6.61 Å². The number of aryl methyl sites for hydroxylation is 1. The van der Waals surface area contributed by atoms with Gasteiger partial charge in [-0.3, -0.25) is 0 Å². The molecule has 3 nitrogen and oxygen atoms in total. The molecule has 2 unspecified atom stereocenters. The van der Waals surface area contributed by atoms with Crippen molar-refractivity contribution in [2.45, 2.75) is 52.5 Å². The lowest BCUT2D eigenvalue weighted by molar-refractivity contribution is 0.180. The van der Waals surface area contributed by atoms with Crippen LogP contribution in [-0.2, 0) is 11.2 Å². The molecule has 21 heavy (non-hydrogen) atoms. The van der Waals surface area contributed by atoms with Gasteiger partial charge in [-0.05, 0) is 51.0 Å². The monoisotopic (exact) mass is 313 g/mol. The second kappa shape index (κ2) is 12.7. The summed E-state index contributed by atoms with van der Waals surface area (Å²) in [6, 6.07) is 11.1. The van der Waals surface area contributed by atoms with E-state index in [1.165, 1.54) is 24.8 Å². The molecule has 4 heteroatoms. The third kappa shape index (κ3) is 13.7. The molecule has 0 aliphatic carbocycles. The van der Waals surface area contributed by atoms with Crippen molar-refractivity contribution in [1.82, 2.24) is 0 Å². The van der Waals surface area contributed by atoms with Gasteiger partial charge in [-0.1, -0.05) is 37.3 Å². The number of hydrogen-bond donors (Lipinski definition) is 1. The normalized spacial score (nSPS) is 12.8. The van der Waals surface area contributed by atoms with E-state index in [-0.39, 0.29) is 0 Å². The van der Waals surface area contributed by atoms with E-state index < -0.39 is 5.43 Å². The summed E-state index contributed by atoms with van der Waals surface area (Å²) in [6.07, 6.45) is 4.87. The molecule has 0 heterocycles. The van der Waals surface area contributed by atoms with Gasteiger partial charge >= 0.3 is 5.43 Å². The number of benzene rings is 1. The number of carbonyl (C=O) groups excluding carboxylic acids is 1. The van der Waals surface area contributed by atoms with Crippen LogP contribution in [0.2, 0.25) is 0 Å². The van der Waals surface area contributed by atoms with E-state index in [9.17, 15) is 4.79 Å². The van der Waals surface area contributed by atoms with Crippen LogP contribution in [0.25, 0.3) is 0 Å². The maximum Gasteiger partial charge on any atom is 0.403 e. The molecule has 1 aromatic rings. The van der Waals surface area contributed by atoms with Crippen LogP contribution < -0.4 is 5.73 Å². The fourth-order valence-corrected chi connectivity index (χ4v) is 1.97. The molecule has 0 aliphatic heterocycles. The lowest BCUT2D eigenvalue weighted by Crippen LogP contribution is -2.15. The van der Waals surface area contributed by atoms with Crippen molar-refractivity contribution in [2.24, 2.45) is 11.7 Å². The van der Waals surface area contributed by atoms with Crippen LogP contribution in [0.5, 0.6) is 0 Å². The summed E-state index contributed by atoms with van der Waals surface area (Å²) in [4.78, 5) is 9.59. The maximum atomic E-state index is 9.59. The predicted octanol–water partition coefficient (Wildman–Crippen LogP) is 4.76. The van der Waals surface area contributed by atoms with E-state index in [2.05, 4.69) is 48.9 Å². The standard InChI is InChI=1S/C14H23N.C3H5ClO2/c1-12(8-10-13(2)15)9-11-14-6-4-3-5-7-14;1-2-6-3(4)5/h3-7,12-13H,8-11,15H2,1-2H3;2H2,1H3. The largest absolute Gasteiger partial charge is 0.454 e. The Morgan fingerprint density at radius 2 is 1.81 bits per heavy atom. The van der Waals surface area contributed by atoms with E-state index in [0.717, 1.165) is 12.3 Å². The average molecular weight is 314 g/mol. The van der Waals surface area contributed by atoms with Crippen molar-refractivity contribution in [3.63, 3.8) is 0 Å². The van der Waals surface area contributed by atoms with Crippen LogP contribution in [0.1, 0.15) is 45.6 Å². The molecule has 0 spiro atoms. The summed E-state index contributed by atoms with van der Waals surface area (Å²) in [6.45, 7) is 6.46. The Labute approximate surface area is 133 Å². The first-order valence-corrected chi connectivity index (χ1v) is 7.95. The molecule has 2 N–H and O–H groups in total. The predicted molar refractivity (Wildman–Crippen MR) is 89.7 cm³/mol. The van der Waals surface area contributed by atoms with Crippen LogP contribution in [0, 0.1) is 5.92 Å².